The van der Waals surface area contributed by atoms with E-state index < -0.39 is 17.6 Å². The number of carbonyl (C=O) groups is 1. The predicted molar refractivity (Wildman–Crippen MR) is 113 cm³/mol. The first-order valence-electron chi connectivity index (χ1n) is 9.52. The van der Waals surface area contributed by atoms with E-state index in [1.807, 2.05) is 31.2 Å². The Morgan fingerprint density at radius 1 is 1.03 bits per heavy atom. The lowest BCUT2D eigenvalue weighted by Crippen LogP contribution is -2.14. The number of anilines is 1. The van der Waals surface area contributed by atoms with Crippen molar-refractivity contribution >= 4 is 11.6 Å². The second kappa shape index (κ2) is 8.18. The lowest BCUT2D eigenvalue weighted by molar-refractivity contribution is -0.137. The summed E-state index contributed by atoms with van der Waals surface area (Å²) in [6.07, 6.45) is -2.86. The number of phenols is 1. The zero-order valence-corrected chi connectivity index (χ0v) is 16.8. The summed E-state index contributed by atoms with van der Waals surface area (Å²) in [6.45, 7) is 1.96. The van der Waals surface area contributed by atoms with Crippen LogP contribution in [0.3, 0.4) is 0 Å². The van der Waals surface area contributed by atoms with Crippen LogP contribution in [-0.4, -0.2) is 26.0 Å². The van der Waals surface area contributed by atoms with Crippen molar-refractivity contribution in [2.24, 2.45) is 0 Å². The highest BCUT2D eigenvalue weighted by Crippen LogP contribution is 2.31. The Morgan fingerprint density at radius 3 is 2.56 bits per heavy atom. The molecular weight excluding hydrogens is 421 g/mol. The van der Waals surface area contributed by atoms with E-state index in [0.717, 1.165) is 23.3 Å². The molecule has 0 spiro atoms. The van der Waals surface area contributed by atoms with Crippen LogP contribution < -0.4 is 5.32 Å². The average molecular weight is 438 g/mol. The molecule has 6 nitrogen and oxygen atoms in total. The third-order valence-electron chi connectivity index (χ3n) is 4.74. The number of carbonyl (C=O) groups excluding carboxylic acids is 1. The van der Waals surface area contributed by atoms with Gasteiger partial charge in [0.05, 0.1) is 23.0 Å². The quantitative estimate of drug-likeness (QED) is 0.458. The summed E-state index contributed by atoms with van der Waals surface area (Å²) in [5.41, 5.74) is 1.96. The Hall–Kier alpha value is -4.14. The van der Waals surface area contributed by atoms with Gasteiger partial charge in [-0.05, 0) is 49.4 Å². The van der Waals surface area contributed by atoms with Crippen molar-refractivity contribution in [2.45, 2.75) is 13.1 Å². The van der Waals surface area contributed by atoms with Gasteiger partial charge in [-0.2, -0.15) is 13.2 Å². The van der Waals surface area contributed by atoms with Gasteiger partial charge in [-0.1, -0.05) is 35.0 Å². The molecule has 162 valence electrons. The number of amides is 1. The summed E-state index contributed by atoms with van der Waals surface area (Å²) in [4.78, 5) is 12.6. The average Bonchev–Trinajstić information content (AvgIpc) is 3.24. The Labute approximate surface area is 180 Å². The molecule has 0 unspecified atom stereocenters. The molecule has 4 aromatic rings. The first kappa shape index (κ1) is 21.1. The maximum absolute atomic E-state index is 12.9. The molecule has 0 bridgehead atoms. The highest BCUT2D eigenvalue weighted by atomic mass is 19.4. The summed E-state index contributed by atoms with van der Waals surface area (Å²) < 4.78 is 40.2. The minimum atomic E-state index is -4.54. The molecule has 0 aliphatic carbocycles. The molecule has 0 atom stereocenters. The first-order chi connectivity index (χ1) is 15.2. The highest BCUT2D eigenvalue weighted by molar-refractivity contribution is 6.06. The molecule has 0 aliphatic heterocycles. The minimum absolute atomic E-state index is 0.0443. The molecule has 32 heavy (non-hydrogen) atoms. The van der Waals surface area contributed by atoms with Crippen LogP contribution in [0, 0.1) is 6.92 Å². The molecule has 2 N–H and O–H groups in total. The van der Waals surface area contributed by atoms with E-state index in [-0.39, 0.29) is 17.0 Å². The number of hydrogen-bond donors (Lipinski definition) is 2. The van der Waals surface area contributed by atoms with Crippen LogP contribution in [0.25, 0.3) is 16.9 Å². The standard InChI is InChI=1S/C23H17F3N4O2/c1-14-4-2-5-15(10-14)20-13-30(29-28-20)18-8-9-21(31)19(12-18)22(32)27-17-7-3-6-16(11-17)23(24,25)26/h2-13,31H,1H3,(H,27,32). The zero-order valence-electron chi connectivity index (χ0n) is 16.8. The van der Waals surface area contributed by atoms with Crippen LogP contribution in [0.2, 0.25) is 0 Å². The molecule has 9 heteroatoms. The molecule has 1 aromatic heterocycles. The highest BCUT2D eigenvalue weighted by Gasteiger charge is 2.30. The van der Waals surface area contributed by atoms with Crippen LogP contribution in [0.15, 0.2) is 72.9 Å². The van der Waals surface area contributed by atoms with Crippen molar-refractivity contribution in [3.8, 4) is 22.7 Å². The maximum Gasteiger partial charge on any atom is 0.416 e. The molecule has 1 heterocycles. The van der Waals surface area contributed by atoms with Crippen molar-refractivity contribution in [1.82, 2.24) is 15.0 Å². The molecule has 0 saturated heterocycles. The molecule has 0 aliphatic rings. The maximum atomic E-state index is 12.9. The molecule has 0 saturated carbocycles. The fourth-order valence-corrected chi connectivity index (χ4v) is 3.15. The first-order valence-corrected chi connectivity index (χ1v) is 9.52. The SMILES string of the molecule is Cc1cccc(-c2cn(-c3ccc(O)c(C(=O)Nc4cccc(C(F)(F)F)c4)c3)nn2)c1. The van der Waals surface area contributed by atoms with E-state index in [0.29, 0.717) is 11.4 Å². The van der Waals surface area contributed by atoms with E-state index in [4.69, 9.17) is 0 Å². The zero-order chi connectivity index (χ0) is 22.9. The molecular formula is C23H17F3N4O2. The van der Waals surface area contributed by atoms with E-state index in [1.54, 1.807) is 12.3 Å². The molecule has 3 aromatic carbocycles. The summed E-state index contributed by atoms with van der Waals surface area (Å²) in [6, 6.07) is 16.2. The van der Waals surface area contributed by atoms with Crippen LogP contribution in [-0.2, 0) is 6.18 Å². The van der Waals surface area contributed by atoms with Gasteiger partial charge in [0.2, 0.25) is 0 Å². The smallest absolute Gasteiger partial charge is 0.416 e. The van der Waals surface area contributed by atoms with Crippen LogP contribution in [0.1, 0.15) is 21.5 Å². The van der Waals surface area contributed by atoms with Gasteiger partial charge >= 0.3 is 6.18 Å². The monoisotopic (exact) mass is 438 g/mol. The van der Waals surface area contributed by atoms with E-state index >= 15 is 0 Å². The van der Waals surface area contributed by atoms with Gasteiger partial charge in [-0.25, -0.2) is 4.68 Å². The summed E-state index contributed by atoms with van der Waals surface area (Å²) >= 11 is 0. The normalized spacial score (nSPS) is 11.4. The number of halogens is 3. The molecule has 0 radical (unpaired) electrons. The topological polar surface area (TPSA) is 80.0 Å². The van der Waals surface area contributed by atoms with Gasteiger partial charge in [0.15, 0.2) is 0 Å². The number of aryl methyl sites for hydroxylation is 1. The minimum Gasteiger partial charge on any atom is -0.507 e. The van der Waals surface area contributed by atoms with Crippen molar-refractivity contribution in [1.29, 1.82) is 0 Å². The number of aromatic hydroxyl groups is 1. The van der Waals surface area contributed by atoms with E-state index in [1.165, 1.54) is 28.9 Å². The Kier molecular flexibility index (Phi) is 5.40. The van der Waals surface area contributed by atoms with Gasteiger partial charge in [-0.3, -0.25) is 4.79 Å². The number of nitrogens with one attached hydrogen (secondary N) is 1. The van der Waals surface area contributed by atoms with Gasteiger partial charge in [0.25, 0.3) is 5.91 Å². The Bertz CT molecular complexity index is 1300. The third kappa shape index (κ3) is 4.46. The van der Waals surface area contributed by atoms with Gasteiger partial charge < -0.3 is 10.4 Å². The lowest BCUT2D eigenvalue weighted by atomic mass is 10.1. The van der Waals surface area contributed by atoms with Crippen LogP contribution in [0.5, 0.6) is 5.75 Å². The number of hydrogen-bond acceptors (Lipinski definition) is 4. The van der Waals surface area contributed by atoms with E-state index in [9.17, 15) is 23.1 Å². The van der Waals surface area contributed by atoms with Gasteiger partial charge in [-0.15, -0.1) is 5.10 Å². The van der Waals surface area contributed by atoms with Gasteiger partial charge in [0, 0.05) is 11.3 Å². The fraction of sp³-hybridized carbons (Fsp3) is 0.0870. The molecule has 0 fully saturated rings. The van der Waals surface area contributed by atoms with Crippen LogP contribution in [0.4, 0.5) is 18.9 Å². The van der Waals surface area contributed by atoms with E-state index in [2.05, 4.69) is 15.6 Å². The van der Waals surface area contributed by atoms with Crippen molar-refractivity contribution in [3.63, 3.8) is 0 Å². The summed E-state index contributed by atoms with van der Waals surface area (Å²) in [5, 5.41) is 20.7. The molecule has 4 rings (SSSR count). The van der Waals surface area contributed by atoms with Crippen molar-refractivity contribution < 1.29 is 23.1 Å². The third-order valence-corrected chi connectivity index (χ3v) is 4.74. The Balaban J connectivity index is 1.60. The summed E-state index contributed by atoms with van der Waals surface area (Å²) in [5.74, 6) is -1.08. The number of alkyl halides is 3. The second-order valence-corrected chi connectivity index (χ2v) is 7.15. The number of phenolic OH excluding ortho intramolecular Hbond substituents is 1. The molecule has 1 amide bonds. The predicted octanol–water partition coefficient (Wildman–Crippen LogP) is 5.22. The number of benzene rings is 3. The van der Waals surface area contributed by atoms with Crippen LogP contribution >= 0.6 is 0 Å². The van der Waals surface area contributed by atoms with Crippen molar-refractivity contribution in [3.05, 3.63) is 89.6 Å². The number of rotatable bonds is 4. The fourth-order valence-electron chi connectivity index (χ4n) is 3.15. The summed E-state index contributed by atoms with van der Waals surface area (Å²) in [7, 11) is 0. The largest absolute Gasteiger partial charge is 0.507 e. The second-order valence-electron chi connectivity index (χ2n) is 7.15. The number of nitrogens with zero attached hydrogens (tertiary/aromatic N) is 3. The van der Waals surface area contributed by atoms with Gasteiger partial charge in [0.1, 0.15) is 11.4 Å². The number of aromatic nitrogens is 3. The lowest BCUT2D eigenvalue weighted by Gasteiger charge is -2.11. The van der Waals surface area contributed by atoms with Crippen molar-refractivity contribution in [2.75, 3.05) is 5.32 Å². The Morgan fingerprint density at radius 2 is 1.81 bits per heavy atom.